The highest BCUT2D eigenvalue weighted by molar-refractivity contribution is 5.84. The zero-order valence-electron chi connectivity index (χ0n) is 11.9. The second kappa shape index (κ2) is 4.99. The normalized spacial score (nSPS) is 23.6. The highest BCUT2D eigenvalue weighted by atomic mass is 16.2. The summed E-state index contributed by atoms with van der Waals surface area (Å²) in [5, 5.41) is 0. The predicted octanol–water partition coefficient (Wildman–Crippen LogP) is 3.36. The van der Waals surface area contributed by atoms with Gasteiger partial charge in [-0.2, -0.15) is 0 Å². The standard InChI is InChI=1S/C17H23NO/c1-12(13-10-11-13)18(2)17(19)16-9-5-7-14-6-3-4-8-15(14)16/h3-4,6,8,12-13,16H,5,7,9-11H2,1-2H3. The minimum atomic E-state index is 0.0937. The molecule has 2 aliphatic carbocycles. The number of benzene rings is 1. The van der Waals surface area contributed by atoms with E-state index in [2.05, 4.69) is 31.2 Å². The molecule has 1 amide bonds. The topological polar surface area (TPSA) is 20.3 Å². The molecule has 2 heteroatoms. The van der Waals surface area contributed by atoms with E-state index in [0.29, 0.717) is 11.9 Å². The first kappa shape index (κ1) is 12.7. The SMILES string of the molecule is CC(C1CC1)N(C)C(=O)C1CCCc2ccccc21. The van der Waals surface area contributed by atoms with Crippen molar-refractivity contribution in [1.82, 2.24) is 4.90 Å². The number of carbonyl (C=O) groups excluding carboxylic acids is 1. The minimum absolute atomic E-state index is 0.0937. The zero-order valence-corrected chi connectivity index (χ0v) is 11.9. The molecule has 0 radical (unpaired) electrons. The fourth-order valence-electron chi connectivity index (χ4n) is 3.35. The average molecular weight is 257 g/mol. The third kappa shape index (κ3) is 2.41. The van der Waals surface area contributed by atoms with E-state index in [1.807, 2.05) is 11.9 Å². The van der Waals surface area contributed by atoms with Crippen LogP contribution in [0.15, 0.2) is 24.3 Å². The van der Waals surface area contributed by atoms with Gasteiger partial charge in [0.05, 0.1) is 5.92 Å². The molecule has 1 aromatic carbocycles. The average Bonchev–Trinajstić information content (AvgIpc) is 3.29. The van der Waals surface area contributed by atoms with Gasteiger partial charge in [-0.3, -0.25) is 4.79 Å². The molecule has 2 atom stereocenters. The van der Waals surface area contributed by atoms with Crippen molar-refractivity contribution in [2.75, 3.05) is 7.05 Å². The van der Waals surface area contributed by atoms with Gasteiger partial charge in [-0.25, -0.2) is 0 Å². The van der Waals surface area contributed by atoms with Gasteiger partial charge in [0.1, 0.15) is 0 Å². The van der Waals surface area contributed by atoms with E-state index in [-0.39, 0.29) is 5.92 Å². The fourth-order valence-corrected chi connectivity index (χ4v) is 3.35. The smallest absolute Gasteiger partial charge is 0.230 e. The van der Waals surface area contributed by atoms with E-state index in [4.69, 9.17) is 0 Å². The Balaban J connectivity index is 1.80. The van der Waals surface area contributed by atoms with E-state index >= 15 is 0 Å². The van der Waals surface area contributed by atoms with Gasteiger partial charge in [-0.15, -0.1) is 0 Å². The summed E-state index contributed by atoms with van der Waals surface area (Å²) in [5.41, 5.74) is 2.65. The van der Waals surface area contributed by atoms with Crippen LogP contribution in [0, 0.1) is 5.92 Å². The first-order valence-electron chi connectivity index (χ1n) is 7.53. The van der Waals surface area contributed by atoms with Gasteiger partial charge >= 0.3 is 0 Å². The van der Waals surface area contributed by atoms with Crippen molar-refractivity contribution in [2.45, 2.75) is 51.0 Å². The summed E-state index contributed by atoms with van der Waals surface area (Å²) >= 11 is 0. The highest BCUT2D eigenvalue weighted by Gasteiger charge is 2.36. The summed E-state index contributed by atoms with van der Waals surface area (Å²) < 4.78 is 0. The summed E-state index contributed by atoms with van der Waals surface area (Å²) in [5.74, 6) is 1.16. The maximum Gasteiger partial charge on any atom is 0.230 e. The quantitative estimate of drug-likeness (QED) is 0.813. The maximum absolute atomic E-state index is 12.8. The number of carbonyl (C=O) groups is 1. The van der Waals surface area contributed by atoms with Gasteiger partial charge in [0.25, 0.3) is 0 Å². The van der Waals surface area contributed by atoms with E-state index in [9.17, 15) is 4.79 Å². The lowest BCUT2D eigenvalue weighted by molar-refractivity contribution is -0.134. The third-order valence-electron chi connectivity index (χ3n) is 4.93. The molecule has 0 spiro atoms. The van der Waals surface area contributed by atoms with E-state index < -0.39 is 0 Å². The van der Waals surface area contributed by atoms with Gasteiger partial charge in [0.2, 0.25) is 5.91 Å². The fraction of sp³-hybridized carbons (Fsp3) is 0.588. The zero-order chi connectivity index (χ0) is 13.4. The second-order valence-corrected chi connectivity index (χ2v) is 6.17. The number of aryl methyl sites for hydroxylation is 1. The molecular formula is C17H23NO. The minimum Gasteiger partial charge on any atom is -0.342 e. The van der Waals surface area contributed by atoms with Gasteiger partial charge in [0, 0.05) is 13.1 Å². The first-order valence-corrected chi connectivity index (χ1v) is 7.53. The van der Waals surface area contributed by atoms with Crippen LogP contribution in [0.1, 0.15) is 49.7 Å². The summed E-state index contributed by atoms with van der Waals surface area (Å²) in [4.78, 5) is 14.8. The van der Waals surface area contributed by atoms with Crippen molar-refractivity contribution in [3.05, 3.63) is 35.4 Å². The number of hydrogen-bond donors (Lipinski definition) is 0. The molecule has 1 fully saturated rings. The molecule has 3 rings (SSSR count). The van der Waals surface area contributed by atoms with Gasteiger partial charge in [0.15, 0.2) is 0 Å². The number of likely N-dealkylation sites (N-methyl/N-ethyl adjacent to an activating group) is 1. The molecule has 0 heterocycles. The Bertz CT molecular complexity index is 478. The lowest BCUT2D eigenvalue weighted by Gasteiger charge is -2.32. The Morgan fingerprint density at radius 2 is 2.00 bits per heavy atom. The Morgan fingerprint density at radius 1 is 1.26 bits per heavy atom. The largest absolute Gasteiger partial charge is 0.342 e. The molecule has 1 saturated carbocycles. The number of amides is 1. The molecular weight excluding hydrogens is 234 g/mol. The van der Waals surface area contributed by atoms with E-state index in [1.54, 1.807) is 0 Å². The van der Waals surface area contributed by atoms with Crippen molar-refractivity contribution in [1.29, 1.82) is 0 Å². The number of rotatable bonds is 3. The third-order valence-corrected chi connectivity index (χ3v) is 4.93. The Morgan fingerprint density at radius 3 is 2.74 bits per heavy atom. The van der Waals surface area contributed by atoms with Crippen LogP contribution in [0.3, 0.4) is 0 Å². The van der Waals surface area contributed by atoms with E-state index in [0.717, 1.165) is 25.2 Å². The Hall–Kier alpha value is -1.31. The molecule has 2 aliphatic rings. The molecule has 2 nitrogen and oxygen atoms in total. The maximum atomic E-state index is 12.8. The lowest BCUT2D eigenvalue weighted by Crippen LogP contribution is -2.40. The number of fused-ring (bicyclic) bond motifs is 1. The monoisotopic (exact) mass is 257 g/mol. The van der Waals surface area contributed by atoms with Crippen molar-refractivity contribution < 1.29 is 4.79 Å². The summed E-state index contributed by atoms with van der Waals surface area (Å²) in [6.45, 7) is 2.20. The molecule has 102 valence electrons. The van der Waals surface area contributed by atoms with Gasteiger partial charge in [-0.05, 0) is 56.1 Å². The van der Waals surface area contributed by atoms with Crippen molar-refractivity contribution in [3.8, 4) is 0 Å². The van der Waals surface area contributed by atoms with Crippen molar-refractivity contribution in [3.63, 3.8) is 0 Å². The molecule has 0 bridgehead atoms. The number of nitrogens with zero attached hydrogens (tertiary/aromatic N) is 1. The highest BCUT2D eigenvalue weighted by Crippen LogP contribution is 2.37. The van der Waals surface area contributed by atoms with E-state index in [1.165, 1.54) is 24.0 Å². The van der Waals surface area contributed by atoms with Crippen LogP contribution >= 0.6 is 0 Å². The van der Waals surface area contributed by atoms with Gasteiger partial charge < -0.3 is 4.90 Å². The van der Waals surface area contributed by atoms with Crippen LogP contribution in [-0.4, -0.2) is 23.9 Å². The predicted molar refractivity (Wildman–Crippen MR) is 77.1 cm³/mol. The molecule has 2 unspecified atom stereocenters. The Labute approximate surface area is 115 Å². The van der Waals surface area contributed by atoms with Crippen molar-refractivity contribution >= 4 is 5.91 Å². The van der Waals surface area contributed by atoms with Crippen LogP contribution in [0.4, 0.5) is 0 Å². The first-order chi connectivity index (χ1) is 9.18. The van der Waals surface area contributed by atoms with Crippen LogP contribution in [-0.2, 0) is 11.2 Å². The Kier molecular flexibility index (Phi) is 3.34. The summed E-state index contributed by atoms with van der Waals surface area (Å²) in [6.07, 6.45) is 5.86. The molecule has 0 saturated heterocycles. The van der Waals surface area contributed by atoms with Crippen LogP contribution in [0.5, 0.6) is 0 Å². The summed E-state index contributed by atoms with van der Waals surface area (Å²) in [7, 11) is 1.99. The molecule has 0 N–H and O–H groups in total. The number of hydrogen-bond acceptors (Lipinski definition) is 1. The second-order valence-electron chi connectivity index (χ2n) is 6.17. The lowest BCUT2D eigenvalue weighted by atomic mass is 9.82. The van der Waals surface area contributed by atoms with Gasteiger partial charge in [-0.1, -0.05) is 24.3 Å². The summed E-state index contributed by atoms with van der Waals surface area (Å²) in [6, 6.07) is 8.88. The van der Waals surface area contributed by atoms with Crippen LogP contribution in [0.25, 0.3) is 0 Å². The van der Waals surface area contributed by atoms with Crippen LogP contribution in [0.2, 0.25) is 0 Å². The molecule has 0 aliphatic heterocycles. The van der Waals surface area contributed by atoms with Crippen LogP contribution < -0.4 is 0 Å². The molecule has 19 heavy (non-hydrogen) atoms. The molecule has 1 aromatic rings. The van der Waals surface area contributed by atoms with Crippen molar-refractivity contribution in [2.24, 2.45) is 5.92 Å². The molecule has 0 aromatic heterocycles.